The number of amides is 1. The van der Waals surface area contributed by atoms with Gasteiger partial charge in [0.15, 0.2) is 5.69 Å². The molecule has 1 aliphatic heterocycles. The lowest BCUT2D eigenvalue weighted by Gasteiger charge is -2.21. The number of para-hydroxylation sites is 1. The summed E-state index contributed by atoms with van der Waals surface area (Å²) in [6.07, 6.45) is 1.72. The summed E-state index contributed by atoms with van der Waals surface area (Å²) in [6, 6.07) is 12.2. The molecule has 0 bridgehead atoms. The number of ether oxygens (including phenoxy) is 2. The van der Waals surface area contributed by atoms with E-state index in [0.29, 0.717) is 24.4 Å². The molecule has 0 radical (unpaired) electrons. The lowest BCUT2D eigenvalue weighted by Crippen LogP contribution is -2.40. The van der Waals surface area contributed by atoms with Crippen LogP contribution >= 0.6 is 0 Å². The van der Waals surface area contributed by atoms with Gasteiger partial charge in [-0.3, -0.25) is 14.9 Å². The van der Waals surface area contributed by atoms with E-state index in [1.54, 1.807) is 52.0 Å². The van der Waals surface area contributed by atoms with Crippen molar-refractivity contribution in [2.45, 2.75) is 57.1 Å². The summed E-state index contributed by atoms with van der Waals surface area (Å²) >= 11 is 0. The number of hydrogen-bond donors (Lipinski definition) is 2. The summed E-state index contributed by atoms with van der Waals surface area (Å²) in [5.74, 6) is -0.512. The second kappa shape index (κ2) is 11.1. The fraction of sp³-hybridized carbons (Fsp3) is 0.385. The molecule has 1 amide bonds. The van der Waals surface area contributed by atoms with Gasteiger partial charge in [-0.15, -0.1) is 0 Å². The average Bonchev–Trinajstić information content (AvgIpc) is 3.50. The molecule has 1 saturated heterocycles. The van der Waals surface area contributed by atoms with Crippen LogP contribution in [-0.4, -0.2) is 53.8 Å². The molecule has 2 heterocycles. The summed E-state index contributed by atoms with van der Waals surface area (Å²) < 4.78 is 42.2. The molecule has 2 aromatic carbocycles. The zero-order valence-corrected chi connectivity index (χ0v) is 22.9. The lowest BCUT2D eigenvalue weighted by atomic mass is 10.1. The number of hydrogen-bond acceptors (Lipinski definition) is 8. The number of carbonyl (C=O) groups excluding carboxylic acids is 1. The Kier molecular flexibility index (Phi) is 8.04. The second-order valence-corrected chi connectivity index (χ2v) is 11.9. The highest BCUT2D eigenvalue weighted by Gasteiger charge is 2.30. The molecule has 4 rings (SSSR count). The number of nitro benzene ring substituents is 1. The molecular weight excluding hydrogens is 526 g/mol. The van der Waals surface area contributed by atoms with E-state index in [1.165, 1.54) is 10.7 Å². The summed E-state index contributed by atoms with van der Waals surface area (Å²) in [4.78, 5) is 23.4. The molecule has 13 heteroatoms. The third-order valence-corrected chi connectivity index (χ3v) is 7.65. The number of nitrogens with one attached hydrogen (secondary N) is 2. The van der Waals surface area contributed by atoms with Crippen molar-refractivity contribution in [3.63, 3.8) is 0 Å². The third kappa shape index (κ3) is 6.61. The molecule has 3 aromatic rings. The van der Waals surface area contributed by atoms with Crippen molar-refractivity contribution in [2.75, 3.05) is 13.2 Å². The highest BCUT2D eigenvalue weighted by molar-refractivity contribution is 7.89. The smallest absolute Gasteiger partial charge is 0.272 e. The number of sulfonamides is 1. The normalized spacial score (nSPS) is 15.7. The van der Waals surface area contributed by atoms with Crippen molar-refractivity contribution in [1.29, 1.82) is 0 Å². The molecule has 2 N–H and O–H groups in total. The number of rotatable bonds is 9. The van der Waals surface area contributed by atoms with Crippen LogP contribution in [0.2, 0.25) is 0 Å². The molecule has 39 heavy (non-hydrogen) atoms. The van der Waals surface area contributed by atoms with E-state index < -0.39 is 37.0 Å². The third-order valence-electron chi connectivity index (χ3n) is 5.87. The van der Waals surface area contributed by atoms with E-state index in [1.807, 2.05) is 6.07 Å². The minimum Gasteiger partial charge on any atom is -0.437 e. The second-order valence-electron chi connectivity index (χ2n) is 10.2. The number of benzene rings is 2. The van der Waals surface area contributed by atoms with E-state index in [-0.39, 0.29) is 23.4 Å². The van der Waals surface area contributed by atoms with Crippen LogP contribution in [0.3, 0.4) is 0 Å². The molecule has 0 saturated carbocycles. The van der Waals surface area contributed by atoms with E-state index >= 15 is 0 Å². The monoisotopic (exact) mass is 557 g/mol. The zero-order chi connectivity index (χ0) is 28.4. The van der Waals surface area contributed by atoms with Crippen molar-refractivity contribution in [3.8, 4) is 17.3 Å². The first kappa shape index (κ1) is 28.2. The predicted molar refractivity (Wildman–Crippen MR) is 143 cm³/mol. The lowest BCUT2D eigenvalue weighted by molar-refractivity contribution is -0.385. The van der Waals surface area contributed by atoms with Gasteiger partial charge in [-0.1, -0.05) is 18.2 Å². The minimum atomic E-state index is -4.25. The molecule has 1 aromatic heterocycles. The summed E-state index contributed by atoms with van der Waals surface area (Å²) in [6.45, 7) is 7.58. The largest absolute Gasteiger partial charge is 0.437 e. The van der Waals surface area contributed by atoms with Gasteiger partial charge in [-0.2, -0.15) is 9.78 Å². The van der Waals surface area contributed by atoms with Crippen LogP contribution in [0.25, 0.3) is 5.69 Å². The van der Waals surface area contributed by atoms with Gasteiger partial charge >= 0.3 is 0 Å². The quantitative estimate of drug-likeness (QED) is 0.297. The molecule has 0 aliphatic carbocycles. The Balaban J connectivity index is 1.78. The van der Waals surface area contributed by atoms with Crippen LogP contribution in [0, 0.1) is 17.0 Å². The van der Waals surface area contributed by atoms with Gasteiger partial charge in [-0.25, -0.2) is 13.1 Å². The molecule has 1 atom stereocenters. The maximum Gasteiger partial charge on any atom is 0.272 e. The Morgan fingerprint density at radius 2 is 1.95 bits per heavy atom. The highest BCUT2D eigenvalue weighted by Crippen LogP contribution is 2.36. The van der Waals surface area contributed by atoms with Crippen LogP contribution in [0.4, 0.5) is 5.69 Å². The summed E-state index contributed by atoms with van der Waals surface area (Å²) in [7, 11) is -4.25. The average molecular weight is 558 g/mol. The maximum absolute atomic E-state index is 13.3. The SMILES string of the molecule is Cc1c(C(=O)NC[C@H]2CCCO2)nn(-c2ccccc2)c1Oc1ccc([N+](=O)[O-])cc1S(=O)(=O)NC(C)(C)C. The fourth-order valence-corrected chi connectivity index (χ4v) is 5.69. The van der Waals surface area contributed by atoms with Crippen LogP contribution in [0.15, 0.2) is 53.4 Å². The topological polar surface area (TPSA) is 155 Å². The van der Waals surface area contributed by atoms with E-state index in [2.05, 4.69) is 15.1 Å². The van der Waals surface area contributed by atoms with Crippen molar-refractivity contribution in [1.82, 2.24) is 19.8 Å². The van der Waals surface area contributed by atoms with Crippen molar-refractivity contribution >= 4 is 21.6 Å². The Morgan fingerprint density at radius 1 is 1.23 bits per heavy atom. The van der Waals surface area contributed by atoms with Crippen LogP contribution in [0.5, 0.6) is 11.6 Å². The first-order valence-electron chi connectivity index (χ1n) is 12.4. The number of carbonyl (C=O) groups is 1. The highest BCUT2D eigenvalue weighted by atomic mass is 32.2. The molecular formula is C26H31N5O7S. The summed E-state index contributed by atoms with van der Waals surface area (Å²) in [5, 5.41) is 18.8. The number of non-ortho nitro benzene ring substituents is 1. The predicted octanol–water partition coefficient (Wildman–Crippen LogP) is 3.87. The Hall–Kier alpha value is -3.81. The minimum absolute atomic E-state index is 0.0654. The van der Waals surface area contributed by atoms with Gasteiger partial charge in [0.1, 0.15) is 10.6 Å². The van der Waals surface area contributed by atoms with Gasteiger partial charge in [0.25, 0.3) is 11.6 Å². The van der Waals surface area contributed by atoms with Crippen molar-refractivity contribution in [2.24, 2.45) is 0 Å². The van der Waals surface area contributed by atoms with Crippen molar-refractivity contribution in [3.05, 3.63) is 69.9 Å². The Morgan fingerprint density at radius 3 is 2.56 bits per heavy atom. The van der Waals surface area contributed by atoms with Gasteiger partial charge in [-0.05, 0) is 58.7 Å². The van der Waals surface area contributed by atoms with Gasteiger partial charge in [0.2, 0.25) is 15.9 Å². The molecule has 1 fully saturated rings. The van der Waals surface area contributed by atoms with E-state index in [0.717, 1.165) is 25.0 Å². The van der Waals surface area contributed by atoms with Crippen molar-refractivity contribution < 1.29 is 27.6 Å². The molecule has 1 aliphatic rings. The Bertz CT molecular complexity index is 1470. The molecule has 0 unspecified atom stereocenters. The van der Waals surface area contributed by atoms with Gasteiger partial charge in [0.05, 0.1) is 16.7 Å². The first-order chi connectivity index (χ1) is 18.4. The van der Waals surface area contributed by atoms with E-state index in [9.17, 15) is 23.3 Å². The number of nitrogens with zero attached hydrogens (tertiary/aromatic N) is 3. The summed E-state index contributed by atoms with van der Waals surface area (Å²) in [5.41, 5.74) is -0.274. The number of nitro groups is 1. The Labute approximate surface area is 226 Å². The van der Waals surface area contributed by atoms with Crippen LogP contribution in [-0.2, 0) is 14.8 Å². The van der Waals surface area contributed by atoms with Crippen LogP contribution < -0.4 is 14.8 Å². The fourth-order valence-electron chi connectivity index (χ4n) is 4.12. The standard InChI is InChI=1S/C26H31N5O7S/c1-17-23(24(32)27-16-20-11-8-14-37-20)28-30(18-9-6-5-7-10-18)25(17)38-21-13-12-19(31(33)34)15-22(21)39(35,36)29-26(2,3)4/h5-7,9-10,12-13,15,20,29H,8,11,14,16H2,1-4H3,(H,27,32)/t20-/m1/s1. The maximum atomic E-state index is 13.3. The molecule has 12 nitrogen and oxygen atoms in total. The molecule has 0 spiro atoms. The number of aromatic nitrogens is 2. The van der Waals surface area contributed by atoms with E-state index in [4.69, 9.17) is 9.47 Å². The first-order valence-corrected chi connectivity index (χ1v) is 13.9. The van der Waals surface area contributed by atoms with Crippen LogP contribution in [0.1, 0.15) is 49.7 Å². The zero-order valence-electron chi connectivity index (χ0n) is 22.1. The van der Waals surface area contributed by atoms with Gasteiger partial charge < -0.3 is 14.8 Å². The van der Waals surface area contributed by atoms with Gasteiger partial charge in [0, 0.05) is 36.4 Å². The molecule has 208 valence electrons.